The van der Waals surface area contributed by atoms with Crippen molar-refractivity contribution in [2.45, 2.75) is 49.8 Å². The molecule has 222 valence electrons. The number of pyridine rings is 3. The van der Waals surface area contributed by atoms with Crippen LogP contribution in [0, 0.1) is 5.92 Å². The van der Waals surface area contributed by atoms with Crippen LogP contribution in [0.25, 0.3) is 10.9 Å². The third-order valence-corrected chi connectivity index (χ3v) is 10.2. The van der Waals surface area contributed by atoms with Gasteiger partial charge in [0.25, 0.3) is 5.91 Å². The van der Waals surface area contributed by atoms with Gasteiger partial charge >= 0.3 is 0 Å². The first-order valence-electron chi connectivity index (χ1n) is 14.7. The molecule has 2 aliphatic heterocycles. The summed E-state index contributed by atoms with van der Waals surface area (Å²) in [6.07, 6.45) is 6.11. The highest BCUT2D eigenvalue weighted by atomic mass is 32.2. The monoisotopic (exact) mass is 599 g/mol. The number of ether oxygens (including phenoxy) is 2. The van der Waals surface area contributed by atoms with Crippen LogP contribution in [0.15, 0.2) is 59.6 Å². The van der Waals surface area contributed by atoms with Gasteiger partial charge in [-0.3, -0.25) is 9.78 Å². The van der Waals surface area contributed by atoms with E-state index < -0.39 is 9.84 Å². The lowest BCUT2D eigenvalue weighted by molar-refractivity contribution is 0.0811. The van der Waals surface area contributed by atoms with E-state index in [-0.39, 0.29) is 48.0 Å². The zero-order chi connectivity index (χ0) is 29.6. The number of aryl methyl sites for hydroxylation is 1. The van der Waals surface area contributed by atoms with Gasteiger partial charge in [-0.1, -0.05) is 12.1 Å². The van der Waals surface area contributed by atoms with Crippen LogP contribution in [-0.2, 0) is 38.9 Å². The summed E-state index contributed by atoms with van der Waals surface area (Å²) < 4.78 is 36.5. The second kappa shape index (κ2) is 11.3. The lowest BCUT2D eigenvalue weighted by Gasteiger charge is -2.30. The molecule has 1 amide bonds. The number of benzene rings is 1. The van der Waals surface area contributed by atoms with Crippen LogP contribution in [0.2, 0.25) is 0 Å². The molecule has 43 heavy (non-hydrogen) atoms. The Labute approximate surface area is 250 Å². The fourth-order valence-corrected chi connectivity index (χ4v) is 7.31. The van der Waals surface area contributed by atoms with E-state index in [9.17, 15) is 13.2 Å². The molecule has 7 rings (SSSR count). The van der Waals surface area contributed by atoms with Gasteiger partial charge in [0.1, 0.15) is 17.7 Å². The quantitative estimate of drug-likeness (QED) is 0.328. The van der Waals surface area contributed by atoms with Gasteiger partial charge in [0.05, 0.1) is 47.3 Å². The standard InChI is InChI=1S/C32H33N5O5S/c1-41-30(20-4-5-20)26-10-8-21-3-2-12-37(31(21)36-26)29-11-9-23-17-33-25(16-27(23)35-29)18-34-32(38)22-6-7-24-19-42-13-14-43(39,40)28(24)15-22/h6-11,15-17,20,30H,2-5,12-14,18-19H2,1H3,(H,34,38)/t30-/m0/s1. The van der Waals surface area contributed by atoms with E-state index >= 15 is 0 Å². The molecular formula is C32H33N5O5S. The number of fused-ring (bicyclic) bond motifs is 3. The lowest BCUT2D eigenvalue weighted by atomic mass is 10.0. The Morgan fingerprint density at radius 1 is 1.12 bits per heavy atom. The third-order valence-electron chi connectivity index (χ3n) is 8.40. The fraction of sp³-hybridized carbons (Fsp3) is 0.375. The summed E-state index contributed by atoms with van der Waals surface area (Å²) in [5.41, 5.74) is 4.43. The number of aromatic nitrogens is 3. The first-order chi connectivity index (χ1) is 20.9. The number of nitrogens with one attached hydrogen (secondary N) is 1. The first-order valence-corrected chi connectivity index (χ1v) is 16.3. The molecular weight excluding hydrogens is 566 g/mol. The van der Waals surface area contributed by atoms with Crippen molar-refractivity contribution in [3.63, 3.8) is 0 Å². The average molecular weight is 600 g/mol. The molecule has 1 aromatic carbocycles. The summed E-state index contributed by atoms with van der Waals surface area (Å²) in [4.78, 5) is 29.9. The Hall–Kier alpha value is -3.93. The van der Waals surface area contributed by atoms with E-state index in [1.165, 1.54) is 24.5 Å². The van der Waals surface area contributed by atoms with Crippen LogP contribution in [0.4, 0.5) is 11.6 Å². The van der Waals surface area contributed by atoms with Crippen molar-refractivity contribution in [1.82, 2.24) is 20.3 Å². The highest BCUT2D eigenvalue weighted by Gasteiger charge is 2.34. The largest absolute Gasteiger partial charge is 0.376 e. The van der Waals surface area contributed by atoms with E-state index in [1.54, 1.807) is 25.4 Å². The van der Waals surface area contributed by atoms with Gasteiger partial charge in [-0.25, -0.2) is 18.4 Å². The van der Waals surface area contributed by atoms with Gasteiger partial charge in [0.15, 0.2) is 9.84 Å². The number of amides is 1. The zero-order valence-corrected chi connectivity index (χ0v) is 24.8. The molecule has 0 bridgehead atoms. The van der Waals surface area contributed by atoms with Crippen molar-refractivity contribution in [2.24, 2.45) is 5.92 Å². The van der Waals surface area contributed by atoms with Crippen LogP contribution in [0.1, 0.15) is 58.2 Å². The summed E-state index contributed by atoms with van der Waals surface area (Å²) in [5.74, 6) is 1.82. The molecule has 3 aromatic heterocycles. The summed E-state index contributed by atoms with van der Waals surface area (Å²) in [7, 11) is -1.75. The SMILES string of the molecule is CO[C@H](c1ccc2c(n1)N(c1ccc3cnc(CNC(=O)c4ccc5c(c4)S(=O)(=O)CCOC5)cc3n1)CCC2)C1CC1. The molecule has 0 spiro atoms. The fourth-order valence-electron chi connectivity index (χ4n) is 5.92. The molecule has 5 heterocycles. The summed E-state index contributed by atoms with van der Waals surface area (Å²) in [5, 5.41) is 3.76. The molecule has 10 nitrogen and oxygen atoms in total. The van der Waals surface area contributed by atoms with E-state index in [2.05, 4.69) is 27.3 Å². The molecule has 4 aromatic rings. The minimum atomic E-state index is -3.51. The van der Waals surface area contributed by atoms with E-state index in [1.807, 2.05) is 18.2 Å². The summed E-state index contributed by atoms with van der Waals surface area (Å²) in [6.45, 7) is 1.34. The lowest BCUT2D eigenvalue weighted by Crippen LogP contribution is -2.27. The van der Waals surface area contributed by atoms with Crippen molar-refractivity contribution in [3.8, 4) is 0 Å². The Balaban J connectivity index is 1.11. The number of rotatable bonds is 7. The number of methoxy groups -OCH3 is 1. The maximum Gasteiger partial charge on any atom is 0.251 e. The van der Waals surface area contributed by atoms with E-state index in [0.717, 1.165) is 47.6 Å². The summed E-state index contributed by atoms with van der Waals surface area (Å²) >= 11 is 0. The third kappa shape index (κ3) is 5.60. The number of anilines is 2. The van der Waals surface area contributed by atoms with Crippen molar-refractivity contribution >= 4 is 38.3 Å². The van der Waals surface area contributed by atoms with Crippen LogP contribution >= 0.6 is 0 Å². The van der Waals surface area contributed by atoms with Gasteiger partial charge in [-0.05, 0) is 79.1 Å². The molecule has 0 saturated heterocycles. The molecule has 0 unspecified atom stereocenters. The normalized spacial score (nSPS) is 18.4. The van der Waals surface area contributed by atoms with Crippen molar-refractivity contribution in [3.05, 3.63) is 82.8 Å². The van der Waals surface area contributed by atoms with Crippen LogP contribution in [-0.4, -0.2) is 55.3 Å². The van der Waals surface area contributed by atoms with Gasteiger partial charge in [-0.15, -0.1) is 0 Å². The predicted octanol–water partition coefficient (Wildman–Crippen LogP) is 4.44. The van der Waals surface area contributed by atoms with Crippen molar-refractivity contribution in [1.29, 1.82) is 0 Å². The minimum Gasteiger partial charge on any atom is -0.376 e. The molecule has 1 saturated carbocycles. The maximum absolute atomic E-state index is 13.0. The van der Waals surface area contributed by atoms with Gasteiger partial charge in [0.2, 0.25) is 0 Å². The average Bonchev–Trinajstić information content (AvgIpc) is 3.88. The van der Waals surface area contributed by atoms with Crippen LogP contribution < -0.4 is 10.2 Å². The highest BCUT2D eigenvalue weighted by Crippen LogP contribution is 2.43. The second-order valence-electron chi connectivity index (χ2n) is 11.4. The van der Waals surface area contributed by atoms with Gasteiger partial charge in [-0.2, -0.15) is 0 Å². The van der Waals surface area contributed by atoms with Crippen molar-refractivity contribution in [2.75, 3.05) is 30.9 Å². The molecule has 1 fully saturated rings. The van der Waals surface area contributed by atoms with Crippen LogP contribution in [0.5, 0.6) is 0 Å². The summed E-state index contributed by atoms with van der Waals surface area (Å²) in [6, 6.07) is 14.9. The number of sulfone groups is 1. The smallest absolute Gasteiger partial charge is 0.251 e. The molecule has 3 aliphatic rings. The Kier molecular flexibility index (Phi) is 7.32. The Morgan fingerprint density at radius 3 is 2.81 bits per heavy atom. The Morgan fingerprint density at radius 2 is 1.98 bits per heavy atom. The molecule has 1 aliphatic carbocycles. The topological polar surface area (TPSA) is 124 Å². The Bertz CT molecular complexity index is 1820. The minimum absolute atomic E-state index is 0.0201. The van der Waals surface area contributed by atoms with Crippen molar-refractivity contribution < 1.29 is 22.7 Å². The number of hydrogen-bond donors (Lipinski definition) is 1. The van der Waals surface area contributed by atoms with Gasteiger partial charge < -0.3 is 19.7 Å². The van der Waals surface area contributed by atoms with Gasteiger partial charge in [0, 0.05) is 30.8 Å². The highest BCUT2D eigenvalue weighted by molar-refractivity contribution is 7.91. The number of carbonyl (C=O) groups is 1. The molecule has 1 N–H and O–H groups in total. The molecule has 1 atom stereocenters. The van der Waals surface area contributed by atoms with Crippen LogP contribution in [0.3, 0.4) is 0 Å². The van der Waals surface area contributed by atoms with E-state index in [4.69, 9.17) is 19.4 Å². The zero-order valence-electron chi connectivity index (χ0n) is 24.0. The van der Waals surface area contributed by atoms with E-state index in [0.29, 0.717) is 17.2 Å². The molecule has 11 heteroatoms. The first kappa shape index (κ1) is 27.9. The second-order valence-corrected chi connectivity index (χ2v) is 13.5. The predicted molar refractivity (Wildman–Crippen MR) is 161 cm³/mol. The number of nitrogens with zero attached hydrogens (tertiary/aromatic N) is 4. The number of hydrogen-bond acceptors (Lipinski definition) is 9. The molecule has 0 radical (unpaired) electrons. The number of carbonyl (C=O) groups excluding carboxylic acids is 1. The maximum atomic E-state index is 13.0.